The van der Waals surface area contributed by atoms with E-state index in [2.05, 4.69) is 13.0 Å². The van der Waals surface area contributed by atoms with Gasteiger partial charge in [0, 0.05) is 21.3 Å². The summed E-state index contributed by atoms with van der Waals surface area (Å²) < 4.78 is 11.5. The molecule has 0 aromatic rings. The number of allylic oxidation sites excluding steroid dienone is 2. The monoisotopic (exact) mass is 170 g/mol. The van der Waals surface area contributed by atoms with Gasteiger partial charge < -0.3 is 0 Å². The predicted molar refractivity (Wildman–Crippen MR) is 47.9 cm³/mol. The summed E-state index contributed by atoms with van der Waals surface area (Å²) in [5.74, 6) is 0. The van der Waals surface area contributed by atoms with E-state index >= 15 is 0 Å². The van der Waals surface area contributed by atoms with Gasteiger partial charge in [0.05, 0.1) is 0 Å². The Morgan fingerprint density at radius 2 is 1.91 bits per heavy atom. The molecule has 0 N–H and O–H groups in total. The molecule has 2 heteroatoms. The maximum atomic E-state index is 11.5. The summed E-state index contributed by atoms with van der Waals surface area (Å²) in [4.78, 5) is 0. The Labute approximate surface area is 70.3 Å². The molecule has 2 heterocycles. The van der Waals surface area contributed by atoms with Crippen LogP contribution in [0.1, 0.15) is 32.6 Å². The molecule has 0 radical (unpaired) electrons. The van der Waals surface area contributed by atoms with Gasteiger partial charge in [0.25, 0.3) is 0 Å². The van der Waals surface area contributed by atoms with Gasteiger partial charge in [-0.3, -0.25) is 4.21 Å². The Balaban J connectivity index is 2.20. The van der Waals surface area contributed by atoms with Crippen LogP contribution in [-0.2, 0) is 10.8 Å². The van der Waals surface area contributed by atoms with Crippen LogP contribution in [0.4, 0.5) is 0 Å². The van der Waals surface area contributed by atoms with Crippen molar-refractivity contribution in [2.45, 2.75) is 43.1 Å². The van der Waals surface area contributed by atoms with Crippen molar-refractivity contribution in [3.63, 3.8) is 0 Å². The molecule has 0 saturated carbocycles. The van der Waals surface area contributed by atoms with E-state index in [-0.39, 0.29) is 0 Å². The van der Waals surface area contributed by atoms with E-state index in [4.69, 9.17) is 0 Å². The summed E-state index contributed by atoms with van der Waals surface area (Å²) in [7, 11) is -0.482. The highest BCUT2D eigenvalue weighted by atomic mass is 32.2. The largest absolute Gasteiger partial charge is 0.259 e. The standard InChI is InChI=1S/C9H14OS/c1-2-7-5-8-3-4-9(6-7)11(8)10/h2,8-9H,3-6H2,1H3. The maximum Gasteiger partial charge on any atom is 0.0388 e. The molecule has 2 bridgehead atoms. The van der Waals surface area contributed by atoms with Gasteiger partial charge in [-0.1, -0.05) is 11.6 Å². The number of fused-ring (bicyclic) bond motifs is 2. The molecule has 2 rings (SSSR count). The SMILES string of the molecule is CC=C1CC2CCC(C1)S2=O. The van der Waals surface area contributed by atoms with Crippen molar-refractivity contribution >= 4 is 10.8 Å². The van der Waals surface area contributed by atoms with Crippen LogP contribution in [0.3, 0.4) is 0 Å². The van der Waals surface area contributed by atoms with Crippen molar-refractivity contribution in [3.05, 3.63) is 11.6 Å². The highest BCUT2D eigenvalue weighted by Gasteiger charge is 2.37. The highest BCUT2D eigenvalue weighted by molar-refractivity contribution is 7.86. The van der Waals surface area contributed by atoms with E-state index in [1.165, 1.54) is 18.4 Å². The zero-order valence-corrected chi connectivity index (χ0v) is 7.69. The number of hydrogen-bond acceptors (Lipinski definition) is 1. The van der Waals surface area contributed by atoms with Gasteiger partial charge in [-0.15, -0.1) is 0 Å². The van der Waals surface area contributed by atoms with Gasteiger partial charge >= 0.3 is 0 Å². The fourth-order valence-electron chi connectivity index (χ4n) is 2.15. The summed E-state index contributed by atoms with van der Waals surface area (Å²) in [6.45, 7) is 2.10. The molecule has 0 aromatic heterocycles. The molecule has 2 aliphatic rings. The normalized spacial score (nSPS) is 42.6. The minimum atomic E-state index is -0.482. The van der Waals surface area contributed by atoms with Crippen LogP contribution in [0.25, 0.3) is 0 Å². The molecule has 2 unspecified atom stereocenters. The second-order valence-electron chi connectivity index (χ2n) is 3.51. The van der Waals surface area contributed by atoms with Crippen LogP contribution >= 0.6 is 0 Å². The van der Waals surface area contributed by atoms with E-state index in [9.17, 15) is 4.21 Å². The molecule has 0 amide bonds. The van der Waals surface area contributed by atoms with Gasteiger partial charge in [0.2, 0.25) is 0 Å². The van der Waals surface area contributed by atoms with Crippen LogP contribution in [0.5, 0.6) is 0 Å². The van der Waals surface area contributed by atoms with Crippen LogP contribution in [0.2, 0.25) is 0 Å². The van der Waals surface area contributed by atoms with Gasteiger partial charge in [0.15, 0.2) is 0 Å². The molecule has 2 fully saturated rings. The number of rotatable bonds is 0. The molecule has 0 spiro atoms. The summed E-state index contributed by atoms with van der Waals surface area (Å²) in [6, 6.07) is 0. The first-order valence-electron chi connectivity index (χ1n) is 4.34. The quantitative estimate of drug-likeness (QED) is 0.508. The van der Waals surface area contributed by atoms with Gasteiger partial charge in [-0.05, 0) is 32.6 Å². The van der Waals surface area contributed by atoms with E-state index in [0.717, 1.165) is 12.8 Å². The Morgan fingerprint density at radius 3 is 2.36 bits per heavy atom. The molecule has 2 aliphatic heterocycles. The lowest BCUT2D eigenvalue weighted by Gasteiger charge is -2.20. The van der Waals surface area contributed by atoms with Crippen molar-refractivity contribution in [1.29, 1.82) is 0 Å². The first kappa shape index (κ1) is 7.53. The smallest absolute Gasteiger partial charge is 0.0388 e. The molecule has 0 aliphatic carbocycles. The second kappa shape index (κ2) is 2.74. The first-order chi connectivity index (χ1) is 5.31. The summed E-state index contributed by atoms with van der Waals surface area (Å²) in [6.07, 6.45) is 6.84. The third-order valence-corrected chi connectivity index (χ3v) is 4.97. The second-order valence-corrected chi connectivity index (χ2v) is 5.50. The van der Waals surface area contributed by atoms with Crippen LogP contribution in [0.15, 0.2) is 11.6 Å². The number of hydrogen-bond donors (Lipinski definition) is 0. The topological polar surface area (TPSA) is 17.1 Å². The van der Waals surface area contributed by atoms with Crippen molar-refractivity contribution in [2.75, 3.05) is 0 Å². The first-order valence-corrected chi connectivity index (χ1v) is 5.62. The Bertz CT molecular complexity index is 202. The van der Waals surface area contributed by atoms with Crippen LogP contribution in [-0.4, -0.2) is 14.7 Å². The Hall–Kier alpha value is -0.110. The lowest BCUT2D eigenvalue weighted by Crippen LogP contribution is -2.22. The molecule has 2 saturated heterocycles. The fourth-order valence-corrected chi connectivity index (χ4v) is 4.19. The third kappa shape index (κ3) is 1.18. The Morgan fingerprint density at radius 1 is 1.36 bits per heavy atom. The minimum absolute atomic E-state index is 0.482. The van der Waals surface area contributed by atoms with Gasteiger partial charge in [0.1, 0.15) is 0 Å². The van der Waals surface area contributed by atoms with Crippen molar-refractivity contribution in [2.24, 2.45) is 0 Å². The molecule has 1 nitrogen and oxygen atoms in total. The predicted octanol–water partition coefficient (Wildman–Crippen LogP) is 2.01. The summed E-state index contributed by atoms with van der Waals surface area (Å²) >= 11 is 0. The third-order valence-electron chi connectivity index (χ3n) is 2.86. The average Bonchev–Trinajstić information content (AvgIpc) is 2.26. The lowest BCUT2D eigenvalue weighted by atomic mass is 10.1. The highest BCUT2D eigenvalue weighted by Crippen LogP contribution is 2.37. The molecule has 11 heavy (non-hydrogen) atoms. The van der Waals surface area contributed by atoms with Crippen molar-refractivity contribution < 1.29 is 4.21 Å². The zero-order valence-electron chi connectivity index (χ0n) is 6.88. The van der Waals surface area contributed by atoms with E-state index in [0.29, 0.717) is 10.5 Å². The average molecular weight is 170 g/mol. The van der Waals surface area contributed by atoms with E-state index in [1.54, 1.807) is 0 Å². The molecule has 0 aromatic carbocycles. The minimum Gasteiger partial charge on any atom is -0.259 e. The van der Waals surface area contributed by atoms with Gasteiger partial charge in [-0.2, -0.15) is 0 Å². The molecule has 2 atom stereocenters. The van der Waals surface area contributed by atoms with Crippen LogP contribution in [0, 0.1) is 0 Å². The summed E-state index contributed by atoms with van der Waals surface area (Å²) in [5, 5.41) is 1.03. The maximum absolute atomic E-state index is 11.5. The molecular formula is C9H14OS. The van der Waals surface area contributed by atoms with Crippen LogP contribution < -0.4 is 0 Å². The lowest BCUT2D eigenvalue weighted by molar-refractivity contribution is 0.659. The zero-order chi connectivity index (χ0) is 7.84. The molecule has 62 valence electrons. The Kier molecular flexibility index (Phi) is 1.88. The fraction of sp³-hybridized carbons (Fsp3) is 0.778. The van der Waals surface area contributed by atoms with Crippen molar-refractivity contribution in [1.82, 2.24) is 0 Å². The summed E-state index contributed by atoms with van der Waals surface area (Å²) in [5.41, 5.74) is 1.54. The van der Waals surface area contributed by atoms with Crippen molar-refractivity contribution in [3.8, 4) is 0 Å². The van der Waals surface area contributed by atoms with Gasteiger partial charge in [-0.25, -0.2) is 0 Å². The van der Waals surface area contributed by atoms with E-state index < -0.39 is 10.8 Å². The van der Waals surface area contributed by atoms with E-state index in [1.807, 2.05) is 0 Å². The molecular weight excluding hydrogens is 156 g/mol.